The molecule has 0 radical (unpaired) electrons. The van der Waals surface area contributed by atoms with Crippen LogP contribution in [0.1, 0.15) is 12.2 Å². The van der Waals surface area contributed by atoms with E-state index in [0.29, 0.717) is 30.5 Å². The predicted molar refractivity (Wildman–Crippen MR) is 51.8 cm³/mol. The Labute approximate surface area is 82.1 Å². The zero-order valence-electron chi connectivity index (χ0n) is 8.03. The van der Waals surface area contributed by atoms with E-state index < -0.39 is 0 Å². The van der Waals surface area contributed by atoms with Crippen molar-refractivity contribution in [3.05, 3.63) is 11.9 Å². The number of hydrogen-bond acceptors (Lipinski definition) is 6. The number of nitrogens with one attached hydrogen (secondary N) is 1. The Morgan fingerprint density at radius 3 is 3.00 bits per heavy atom. The summed E-state index contributed by atoms with van der Waals surface area (Å²) in [6, 6.07) is 1.60. The van der Waals surface area contributed by atoms with E-state index in [-0.39, 0.29) is 6.61 Å². The fourth-order valence-corrected chi connectivity index (χ4v) is 0.929. The quantitative estimate of drug-likeness (QED) is 0.345. The predicted octanol–water partition coefficient (Wildman–Crippen LogP) is -0.168. The number of aliphatic hydroxyl groups excluding tert-OH is 1. The van der Waals surface area contributed by atoms with Crippen molar-refractivity contribution in [2.45, 2.75) is 13.3 Å². The number of nitrogens with zero attached hydrogens (tertiary/aromatic N) is 2. The second-order valence-electron chi connectivity index (χ2n) is 2.71. The maximum atomic E-state index is 8.55. The van der Waals surface area contributed by atoms with Crippen molar-refractivity contribution in [1.82, 2.24) is 9.97 Å². The molecule has 0 amide bonds. The highest BCUT2D eigenvalue weighted by Gasteiger charge is 2.00. The van der Waals surface area contributed by atoms with Crippen molar-refractivity contribution in [3.8, 4) is 5.88 Å². The first-order chi connectivity index (χ1) is 6.76. The van der Waals surface area contributed by atoms with Gasteiger partial charge in [0.2, 0.25) is 5.88 Å². The van der Waals surface area contributed by atoms with Gasteiger partial charge in [0.1, 0.15) is 11.6 Å². The maximum Gasteiger partial charge on any atom is 0.218 e. The third-order valence-electron chi connectivity index (χ3n) is 1.51. The number of anilines is 1. The van der Waals surface area contributed by atoms with Crippen molar-refractivity contribution in [3.63, 3.8) is 0 Å². The van der Waals surface area contributed by atoms with Crippen molar-refractivity contribution in [1.29, 1.82) is 0 Å². The number of aliphatic hydroxyl groups is 1. The Morgan fingerprint density at radius 2 is 2.36 bits per heavy atom. The van der Waals surface area contributed by atoms with Gasteiger partial charge in [-0.2, -0.15) is 4.98 Å². The van der Waals surface area contributed by atoms with Gasteiger partial charge < -0.3 is 15.3 Å². The van der Waals surface area contributed by atoms with Crippen LogP contribution in [-0.2, 0) is 0 Å². The largest absolute Gasteiger partial charge is 0.477 e. The summed E-state index contributed by atoms with van der Waals surface area (Å²) in [5, 5.41) is 8.55. The van der Waals surface area contributed by atoms with Gasteiger partial charge in [0.15, 0.2) is 0 Å². The van der Waals surface area contributed by atoms with Gasteiger partial charge in [0, 0.05) is 19.1 Å². The number of ether oxygens (including phenoxy) is 1. The average Bonchev–Trinajstić information content (AvgIpc) is 2.17. The summed E-state index contributed by atoms with van der Waals surface area (Å²) >= 11 is 0. The molecule has 1 heterocycles. The summed E-state index contributed by atoms with van der Waals surface area (Å²) in [4.78, 5) is 8.05. The second kappa shape index (κ2) is 5.36. The first kappa shape index (κ1) is 10.7. The van der Waals surface area contributed by atoms with Crippen molar-refractivity contribution in [2.75, 3.05) is 18.6 Å². The standard InChI is InChI=1S/C8H14N4O2/c1-6-10-7(12-9)5-8(11-6)14-4-2-3-13/h5,13H,2-4,9H2,1H3,(H,10,11,12). The number of rotatable bonds is 5. The van der Waals surface area contributed by atoms with Crippen LogP contribution in [-0.4, -0.2) is 28.3 Å². The lowest BCUT2D eigenvalue weighted by molar-refractivity contribution is 0.229. The molecular formula is C8H14N4O2. The highest BCUT2D eigenvalue weighted by Crippen LogP contribution is 2.12. The van der Waals surface area contributed by atoms with E-state index in [2.05, 4.69) is 15.4 Å². The van der Waals surface area contributed by atoms with Crippen LogP contribution in [0.4, 0.5) is 5.82 Å². The van der Waals surface area contributed by atoms with Crippen LogP contribution in [0.15, 0.2) is 6.07 Å². The number of nitrogen functional groups attached to an aromatic ring is 1. The molecule has 0 saturated heterocycles. The Bertz CT molecular complexity index is 293. The lowest BCUT2D eigenvalue weighted by Gasteiger charge is -2.06. The molecule has 0 saturated carbocycles. The topological polar surface area (TPSA) is 93.3 Å². The molecule has 0 aliphatic heterocycles. The zero-order chi connectivity index (χ0) is 10.4. The summed E-state index contributed by atoms with van der Waals surface area (Å²) in [5.74, 6) is 6.76. The molecule has 1 rings (SSSR count). The first-order valence-corrected chi connectivity index (χ1v) is 4.32. The van der Waals surface area contributed by atoms with Crippen LogP contribution in [0.3, 0.4) is 0 Å². The molecule has 0 atom stereocenters. The Hall–Kier alpha value is -1.40. The molecule has 1 aromatic rings. The third kappa shape index (κ3) is 3.15. The van der Waals surface area contributed by atoms with Gasteiger partial charge in [0.05, 0.1) is 6.61 Å². The highest BCUT2D eigenvalue weighted by atomic mass is 16.5. The highest BCUT2D eigenvalue weighted by molar-refractivity contribution is 5.36. The van der Waals surface area contributed by atoms with E-state index in [1.165, 1.54) is 0 Å². The van der Waals surface area contributed by atoms with Crippen molar-refractivity contribution >= 4 is 5.82 Å². The number of hydrogen-bond donors (Lipinski definition) is 3. The third-order valence-corrected chi connectivity index (χ3v) is 1.51. The van der Waals surface area contributed by atoms with E-state index in [1.54, 1.807) is 13.0 Å². The van der Waals surface area contributed by atoms with Crippen LogP contribution in [0.25, 0.3) is 0 Å². The SMILES string of the molecule is Cc1nc(NN)cc(OCCCO)n1. The van der Waals surface area contributed by atoms with Gasteiger partial charge in [-0.15, -0.1) is 0 Å². The second-order valence-corrected chi connectivity index (χ2v) is 2.71. The van der Waals surface area contributed by atoms with Crippen LogP contribution >= 0.6 is 0 Å². The molecule has 0 bridgehead atoms. The van der Waals surface area contributed by atoms with Gasteiger partial charge >= 0.3 is 0 Å². The van der Waals surface area contributed by atoms with Crippen LogP contribution in [0.5, 0.6) is 5.88 Å². The molecule has 0 spiro atoms. The number of aromatic nitrogens is 2. The van der Waals surface area contributed by atoms with Crippen LogP contribution in [0.2, 0.25) is 0 Å². The van der Waals surface area contributed by atoms with E-state index >= 15 is 0 Å². The molecule has 0 aromatic carbocycles. The van der Waals surface area contributed by atoms with Crippen molar-refractivity contribution < 1.29 is 9.84 Å². The van der Waals surface area contributed by atoms with Gasteiger partial charge in [-0.25, -0.2) is 10.8 Å². The summed E-state index contributed by atoms with van der Waals surface area (Å²) in [7, 11) is 0. The molecule has 6 nitrogen and oxygen atoms in total. The fourth-order valence-electron chi connectivity index (χ4n) is 0.929. The summed E-state index contributed by atoms with van der Waals surface area (Å²) < 4.78 is 5.26. The Kier molecular flexibility index (Phi) is 4.09. The first-order valence-electron chi connectivity index (χ1n) is 4.32. The summed E-state index contributed by atoms with van der Waals surface area (Å²) in [6.45, 7) is 2.28. The minimum absolute atomic E-state index is 0.103. The minimum Gasteiger partial charge on any atom is -0.477 e. The van der Waals surface area contributed by atoms with Crippen LogP contribution in [0, 0.1) is 6.92 Å². The molecule has 6 heteroatoms. The summed E-state index contributed by atoms with van der Waals surface area (Å²) in [5.41, 5.74) is 2.42. The maximum absolute atomic E-state index is 8.55. The van der Waals surface area contributed by atoms with Crippen LogP contribution < -0.4 is 16.0 Å². The van der Waals surface area contributed by atoms with E-state index in [1.807, 2.05) is 0 Å². The molecule has 78 valence electrons. The monoisotopic (exact) mass is 198 g/mol. The number of nitrogens with two attached hydrogens (primary N) is 1. The smallest absolute Gasteiger partial charge is 0.218 e. The molecule has 1 aromatic heterocycles. The number of hydrazine groups is 1. The molecule has 0 aliphatic carbocycles. The zero-order valence-corrected chi connectivity index (χ0v) is 8.03. The van der Waals surface area contributed by atoms with E-state index in [0.717, 1.165) is 0 Å². The Balaban J connectivity index is 2.62. The van der Waals surface area contributed by atoms with E-state index in [9.17, 15) is 0 Å². The van der Waals surface area contributed by atoms with Gasteiger partial charge in [-0.05, 0) is 6.92 Å². The molecule has 14 heavy (non-hydrogen) atoms. The molecule has 0 fully saturated rings. The average molecular weight is 198 g/mol. The summed E-state index contributed by atoms with van der Waals surface area (Å²) in [6.07, 6.45) is 0.578. The molecule has 4 N–H and O–H groups in total. The lowest BCUT2D eigenvalue weighted by Crippen LogP contribution is -2.10. The fraction of sp³-hybridized carbons (Fsp3) is 0.500. The molecular weight excluding hydrogens is 184 g/mol. The van der Waals surface area contributed by atoms with Gasteiger partial charge in [-0.1, -0.05) is 0 Å². The Morgan fingerprint density at radius 1 is 1.57 bits per heavy atom. The molecule has 0 unspecified atom stereocenters. The van der Waals surface area contributed by atoms with E-state index in [4.69, 9.17) is 15.7 Å². The lowest BCUT2D eigenvalue weighted by atomic mass is 10.5. The van der Waals surface area contributed by atoms with Crippen molar-refractivity contribution in [2.24, 2.45) is 5.84 Å². The minimum atomic E-state index is 0.103. The number of aryl methyl sites for hydroxylation is 1. The normalized spacial score (nSPS) is 9.93. The van der Waals surface area contributed by atoms with Gasteiger partial charge in [-0.3, -0.25) is 0 Å². The van der Waals surface area contributed by atoms with Gasteiger partial charge in [0.25, 0.3) is 0 Å². The molecule has 0 aliphatic rings.